The molecule has 1 aliphatic rings. The molecule has 1 aromatic carbocycles. The van der Waals surface area contributed by atoms with Gasteiger partial charge >= 0.3 is 0 Å². The van der Waals surface area contributed by atoms with E-state index in [1.165, 1.54) is 5.57 Å². The maximum atomic E-state index is 6.51. The van der Waals surface area contributed by atoms with E-state index in [1.807, 2.05) is 37.3 Å². The van der Waals surface area contributed by atoms with Gasteiger partial charge in [0.15, 0.2) is 0 Å². The standard InChI is InChI=1S/C23H25N3O2/c1-23(24,16-17-9-4-2-5-10-17)22-26-25-21(28-22)15-19(20-13-8-14-27-20)18-11-6-3-7-12-18/h2,4-6,8-14,19H,3,7,15-16,24H2,1H3/t19?,23-/m1/s1. The van der Waals surface area contributed by atoms with Crippen molar-refractivity contribution in [1.82, 2.24) is 10.2 Å². The number of hydrogen-bond donors (Lipinski definition) is 1. The van der Waals surface area contributed by atoms with Crippen molar-refractivity contribution in [1.29, 1.82) is 0 Å². The molecule has 2 N–H and O–H groups in total. The van der Waals surface area contributed by atoms with Crippen molar-refractivity contribution in [2.75, 3.05) is 0 Å². The lowest BCUT2D eigenvalue weighted by Crippen LogP contribution is -2.35. The maximum Gasteiger partial charge on any atom is 0.236 e. The van der Waals surface area contributed by atoms with Crippen molar-refractivity contribution in [2.45, 2.75) is 44.1 Å². The molecule has 0 radical (unpaired) electrons. The second kappa shape index (κ2) is 7.98. The van der Waals surface area contributed by atoms with Crippen LogP contribution in [-0.2, 0) is 18.4 Å². The average molecular weight is 375 g/mol. The van der Waals surface area contributed by atoms with Crippen LogP contribution >= 0.6 is 0 Å². The molecule has 0 saturated carbocycles. The van der Waals surface area contributed by atoms with Crippen LogP contribution in [0.4, 0.5) is 0 Å². The Kier molecular flexibility index (Phi) is 5.26. The van der Waals surface area contributed by atoms with Gasteiger partial charge in [0.05, 0.1) is 17.7 Å². The van der Waals surface area contributed by atoms with Crippen molar-refractivity contribution in [2.24, 2.45) is 5.73 Å². The minimum absolute atomic E-state index is 0.0537. The second-order valence-electron chi connectivity index (χ2n) is 7.54. The van der Waals surface area contributed by atoms with Crippen LogP contribution in [0.25, 0.3) is 0 Å². The topological polar surface area (TPSA) is 78.1 Å². The van der Waals surface area contributed by atoms with Crippen LogP contribution < -0.4 is 5.73 Å². The summed E-state index contributed by atoms with van der Waals surface area (Å²) >= 11 is 0. The number of nitrogens with zero attached hydrogens (tertiary/aromatic N) is 2. The Bertz CT molecular complexity index is 953. The average Bonchev–Trinajstić information content (AvgIpc) is 3.40. The Hall–Kier alpha value is -2.92. The van der Waals surface area contributed by atoms with Gasteiger partial charge < -0.3 is 14.6 Å². The zero-order chi connectivity index (χ0) is 19.4. The number of rotatable bonds is 7. The normalized spacial score (nSPS) is 17.1. The number of aromatic nitrogens is 2. The quantitative estimate of drug-likeness (QED) is 0.648. The molecule has 0 spiro atoms. The summed E-state index contributed by atoms with van der Waals surface area (Å²) in [5.74, 6) is 1.98. The van der Waals surface area contributed by atoms with E-state index in [0.717, 1.165) is 24.2 Å². The number of nitrogens with two attached hydrogens (primary N) is 1. The van der Waals surface area contributed by atoms with Gasteiger partial charge in [-0.1, -0.05) is 48.6 Å². The Morgan fingerprint density at radius 3 is 2.68 bits per heavy atom. The monoisotopic (exact) mass is 375 g/mol. The van der Waals surface area contributed by atoms with E-state index in [2.05, 4.69) is 40.6 Å². The summed E-state index contributed by atoms with van der Waals surface area (Å²) in [6.45, 7) is 1.92. The Morgan fingerprint density at radius 1 is 1.11 bits per heavy atom. The highest BCUT2D eigenvalue weighted by Gasteiger charge is 2.30. The van der Waals surface area contributed by atoms with Crippen molar-refractivity contribution in [3.8, 4) is 0 Å². The van der Waals surface area contributed by atoms with E-state index >= 15 is 0 Å². The van der Waals surface area contributed by atoms with Gasteiger partial charge in [0.2, 0.25) is 11.8 Å². The number of hydrogen-bond acceptors (Lipinski definition) is 5. The highest BCUT2D eigenvalue weighted by Crippen LogP contribution is 2.32. The van der Waals surface area contributed by atoms with Gasteiger partial charge in [0.1, 0.15) is 5.76 Å². The van der Waals surface area contributed by atoms with Gasteiger partial charge in [-0.2, -0.15) is 0 Å². The number of allylic oxidation sites excluding steroid dienone is 4. The predicted octanol–water partition coefficient (Wildman–Crippen LogP) is 4.68. The van der Waals surface area contributed by atoms with Crippen molar-refractivity contribution >= 4 is 0 Å². The lowest BCUT2D eigenvalue weighted by atomic mass is 9.89. The molecule has 5 heteroatoms. The molecule has 1 aliphatic carbocycles. The molecule has 2 atom stereocenters. The van der Waals surface area contributed by atoms with Crippen molar-refractivity contribution in [3.63, 3.8) is 0 Å². The third-order valence-electron chi connectivity index (χ3n) is 5.06. The van der Waals surface area contributed by atoms with Crippen molar-refractivity contribution < 1.29 is 8.83 Å². The summed E-state index contributed by atoms with van der Waals surface area (Å²) < 4.78 is 11.7. The smallest absolute Gasteiger partial charge is 0.236 e. The van der Waals surface area contributed by atoms with E-state index in [4.69, 9.17) is 14.6 Å². The maximum absolute atomic E-state index is 6.51. The first-order valence-electron chi connectivity index (χ1n) is 9.67. The SMILES string of the molecule is C[C@@](N)(Cc1ccccc1)c1nnc(CC(C2=CCCC=C2)c2ccco2)o1. The van der Waals surface area contributed by atoms with Crippen LogP contribution in [0.15, 0.2) is 81.4 Å². The summed E-state index contributed by atoms with van der Waals surface area (Å²) in [7, 11) is 0. The molecule has 0 saturated heterocycles. The molecule has 3 aromatic rings. The van der Waals surface area contributed by atoms with E-state index in [-0.39, 0.29) is 5.92 Å². The van der Waals surface area contributed by atoms with E-state index in [0.29, 0.717) is 24.6 Å². The predicted molar refractivity (Wildman–Crippen MR) is 108 cm³/mol. The fourth-order valence-corrected chi connectivity index (χ4v) is 3.60. The lowest BCUT2D eigenvalue weighted by Gasteiger charge is -2.20. The highest BCUT2D eigenvalue weighted by atomic mass is 16.4. The third-order valence-corrected chi connectivity index (χ3v) is 5.06. The molecular weight excluding hydrogens is 350 g/mol. The highest BCUT2D eigenvalue weighted by molar-refractivity contribution is 5.33. The van der Waals surface area contributed by atoms with Gasteiger partial charge in [-0.3, -0.25) is 0 Å². The van der Waals surface area contributed by atoms with Crippen LogP contribution in [-0.4, -0.2) is 10.2 Å². The summed E-state index contributed by atoms with van der Waals surface area (Å²) in [5, 5.41) is 8.53. The summed E-state index contributed by atoms with van der Waals surface area (Å²) in [5.41, 5.74) is 8.15. The fraction of sp³-hybridized carbons (Fsp3) is 0.304. The molecule has 4 rings (SSSR count). The second-order valence-corrected chi connectivity index (χ2v) is 7.54. The first-order valence-corrected chi connectivity index (χ1v) is 9.67. The zero-order valence-corrected chi connectivity index (χ0v) is 16.0. The molecule has 1 unspecified atom stereocenters. The minimum atomic E-state index is -0.725. The molecule has 0 fully saturated rings. The van der Waals surface area contributed by atoms with E-state index < -0.39 is 5.54 Å². The van der Waals surface area contributed by atoms with E-state index in [9.17, 15) is 0 Å². The van der Waals surface area contributed by atoms with Crippen LogP contribution in [0, 0.1) is 0 Å². The molecule has 2 heterocycles. The van der Waals surface area contributed by atoms with E-state index in [1.54, 1.807) is 6.26 Å². The zero-order valence-electron chi connectivity index (χ0n) is 16.0. The van der Waals surface area contributed by atoms with Gasteiger partial charge in [0.25, 0.3) is 0 Å². The molecule has 5 nitrogen and oxygen atoms in total. The van der Waals surface area contributed by atoms with Gasteiger partial charge in [0, 0.05) is 6.42 Å². The first kappa shape index (κ1) is 18.4. The largest absolute Gasteiger partial charge is 0.469 e. The van der Waals surface area contributed by atoms with Crippen LogP contribution in [0.5, 0.6) is 0 Å². The lowest BCUT2D eigenvalue weighted by molar-refractivity contribution is 0.332. The Balaban J connectivity index is 1.54. The number of benzene rings is 1. The van der Waals surface area contributed by atoms with Gasteiger partial charge in [-0.25, -0.2) is 0 Å². The fourth-order valence-electron chi connectivity index (χ4n) is 3.60. The molecule has 144 valence electrons. The molecule has 0 amide bonds. The summed E-state index contributed by atoms with van der Waals surface area (Å²) in [6.07, 6.45) is 11.6. The van der Waals surface area contributed by atoms with Crippen LogP contribution in [0.3, 0.4) is 0 Å². The molecule has 2 aromatic heterocycles. The minimum Gasteiger partial charge on any atom is -0.469 e. The Labute approximate surface area is 165 Å². The molecule has 28 heavy (non-hydrogen) atoms. The summed E-state index contributed by atoms with van der Waals surface area (Å²) in [4.78, 5) is 0. The first-order chi connectivity index (χ1) is 13.6. The number of furan rings is 1. The van der Waals surface area contributed by atoms with Gasteiger partial charge in [-0.15, -0.1) is 10.2 Å². The molecule has 0 bridgehead atoms. The molecular formula is C23H25N3O2. The van der Waals surface area contributed by atoms with Crippen LogP contribution in [0.2, 0.25) is 0 Å². The Morgan fingerprint density at radius 2 is 1.96 bits per heavy atom. The van der Waals surface area contributed by atoms with Gasteiger partial charge in [-0.05, 0) is 49.5 Å². The summed E-state index contributed by atoms with van der Waals surface area (Å²) in [6, 6.07) is 14.0. The van der Waals surface area contributed by atoms with Crippen LogP contribution in [0.1, 0.15) is 48.8 Å². The third kappa shape index (κ3) is 4.15. The van der Waals surface area contributed by atoms with Crippen molar-refractivity contribution in [3.05, 3.63) is 95.6 Å². The molecule has 0 aliphatic heterocycles.